The van der Waals surface area contributed by atoms with E-state index in [4.69, 9.17) is 4.74 Å². The minimum absolute atomic E-state index is 0.0487. The summed E-state index contributed by atoms with van der Waals surface area (Å²) in [5, 5.41) is 5.20. The van der Waals surface area contributed by atoms with Crippen LogP contribution in [0.25, 0.3) is 0 Å². The Morgan fingerprint density at radius 2 is 2.25 bits per heavy atom. The zero-order valence-electron chi connectivity index (χ0n) is 13.8. The lowest BCUT2D eigenvalue weighted by Gasteiger charge is -2.35. The number of anilines is 1. The molecule has 1 fully saturated rings. The van der Waals surface area contributed by atoms with Crippen molar-refractivity contribution in [3.05, 3.63) is 46.2 Å². The Balaban J connectivity index is 1.45. The highest BCUT2D eigenvalue weighted by Gasteiger charge is 2.40. The summed E-state index contributed by atoms with van der Waals surface area (Å²) < 4.78 is 5.21. The molecule has 1 amide bonds. The van der Waals surface area contributed by atoms with Gasteiger partial charge in [0, 0.05) is 29.2 Å². The minimum atomic E-state index is 0.0487. The molecule has 1 aromatic carbocycles. The van der Waals surface area contributed by atoms with Crippen molar-refractivity contribution < 1.29 is 9.53 Å². The third-order valence-corrected chi connectivity index (χ3v) is 5.88. The molecule has 1 saturated carbocycles. The maximum absolute atomic E-state index is 12.5. The number of thiophene rings is 1. The fraction of sp³-hybridized carbons (Fsp3) is 0.421. The van der Waals surface area contributed by atoms with Gasteiger partial charge >= 0.3 is 0 Å². The molecule has 1 atom stereocenters. The van der Waals surface area contributed by atoms with E-state index in [0.29, 0.717) is 12.6 Å². The van der Waals surface area contributed by atoms with Crippen LogP contribution in [0.15, 0.2) is 35.7 Å². The molecular weight excluding hydrogens is 320 g/mol. The lowest BCUT2D eigenvalue weighted by Crippen LogP contribution is -2.41. The highest BCUT2D eigenvalue weighted by Crippen LogP contribution is 2.48. The van der Waals surface area contributed by atoms with Crippen LogP contribution in [0.3, 0.4) is 0 Å². The first-order chi connectivity index (χ1) is 11.7. The van der Waals surface area contributed by atoms with Gasteiger partial charge in [0.05, 0.1) is 13.7 Å². The summed E-state index contributed by atoms with van der Waals surface area (Å²) >= 11 is 1.86. The van der Waals surface area contributed by atoms with Crippen molar-refractivity contribution in [2.75, 3.05) is 25.5 Å². The fourth-order valence-corrected chi connectivity index (χ4v) is 4.54. The standard InChI is InChI=1S/C19H22N2O2S/c1-23-15-4-2-3-14(11-15)20-18(22)12-21-9-7-17-16(8-10-24-17)19(21)13-5-6-13/h2-4,8,10-11,13,19H,5-7,9,12H2,1H3,(H,20,22)/t19-/m0/s1. The second-order valence-electron chi connectivity index (χ2n) is 6.58. The zero-order chi connectivity index (χ0) is 16.5. The Labute approximate surface area is 146 Å². The van der Waals surface area contributed by atoms with Gasteiger partial charge in [0.25, 0.3) is 0 Å². The largest absolute Gasteiger partial charge is 0.497 e. The van der Waals surface area contributed by atoms with E-state index in [9.17, 15) is 4.79 Å². The smallest absolute Gasteiger partial charge is 0.238 e. The lowest BCUT2D eigenvalue weighted by molar-refractivity contribution is -0.118. The molecule has 1 aromatic heterocycles. The van der Waals surface area contributed by atoms with E-state index >= 15 is 0 Å². The molecule has 1 N–H and O–H groups in total. The monoisotopic (exact) mass is 342 g/mol. The van der Waals surface area contributed by atoms with Crippen molar-refractivity contribution in [2.45, 2.75) is 25.3 Å². The van der Waals surface area contributed by atoms with Gasteiger partial charge in [-0.2, -0.15) is 0 Å². The molecule has 5 heteroatoms. The van der Waals surface area contributed by atoms with Crippen LogP contribution in [0.5, 0.6) is 5.75 Å². The molecule has 1 aliphatic carbocycles. The highest BCUT2D eigenvalue weighted by atomic mass is 32.1. The Morgan fingerprint density at radius 3 is 3.04 bits per heavy atom. The van der Waals surface area contributed by atoms with E-state index in [2.05, 4.69) is 21.7 Å². The van der Waals surface area contributed by atoms with Crippen LogP contribution < -0.4 is 10.1 Å². The highest BCUT2D eigenvalue weighted by molar-refractivity contribution is 7.10. The van der Waals surface area contributed by atoms with E-state index in [0.717, 1.165) is 30.3 Å². The van der Waals surface area contributed by atoms with Gasteiger partial charge < -0.3 is 10.1 Å². The summed E-state index contributed by atoms with van der Waals surface area (Å²) in [5.41, 5.74) is 2.25. The van der Waals surface area contributed by atoms with Gasteiger partial charge in [-0.25, -0.2) is 0 Å². The maximum Gasteiger partial charge on any atom is 0.238 e. The molecule has 126 valence electrons. The van der Waals surface area contributed by atoms with Gasteiger partial charge in [0.2, 0.25) is 5.91 Å². The van der Waals surface area contributed by atoms with Crippen molar-refractivity contribution in [1.29, 1.82) is 0 Å². The van der Waals surface area contributed by atoms with Crippen molar-refractivity contribution in [1.82, 2.24) is 4.90 Å². The number of methoxy groups -OCH3 is 1. The fourth-order valence-electron chi connectivity index (χ4n) is 3.63. The summed E-state index contributed by atoms with van der Waals surface area (Å²) in [6.07, 6.45) is 3.63. The average molecular weight is 342 g/mol. The van der Waals surface area contributed by atoms with Gasteiger partial charge in [-0.1, -0.05) is 6.07 Å². The van der Waals surface area contributed by atoms with Gasteiger partial charge in [-0.05, 0) is 54.3 Å². The molecule has 2 aromatic rings. The molecule has 24 heavy (non-hydrogen) atoms. The molecule has 0 bridgehead atoms. The second kappa shape index (κ2) is 6.57. The van der Waals surface area contributed by atoms with Crippen molar-refractivity contribution >= 4 is 22.9 Å². The summed E-state index contributed by atoms with van der Waals surface area (Å²) in [5.74, 6) is 1.53. The van der Waals surface area contributed by atoms with Crippen LogP contribution in [0.2, 0.25) is 0 Å². The summed E-state index contributed by atoms with van der Waals surface area (Å²) in [6, 6.07) is 10.2. The summed E-state index contributed by atoms with van der Waals surface area (Å²) in [4.78, 5) is 16.4. The number of carbonyl (C=O) groups is 1. The number of amides is 1. The molecular formula is C19H22N2O2S. The van der Waals surface area contributed by atoms with Gasteiger partial charge in [-0.15, -0.1) is 11.3 Å². The summed E-state index contributed by atoms with van der Waals surface area (Å²) in [7, 11) is 1.63. The van der Waals surface area contributed by atoms with Crippen LogP contribution in [0.1, 0.15) is 29.3 Å². The van der Waals surface area contributed by atoms with Crippen molar-refractivity contribution in [2.24, 2.45) is 5.92 Å². The summed E-state index contributed by atoms with van der Waals surface area (Å²) in [6.45, 7) is 1.42. The van der Waals surface area contributed by atoms with Gasteiger partial charge in [0.1, 0.15) is 5.75 Å². The molecule has 0 unspecified atom stereocenters. The Morgan fingerprint density at radius 1 is 1.38 bits per heavy atom. The van der Waals surface area contributed by atoms with E-state index in [-0.39, 0.29) is 5.91 Å². The SMILES string of the molecule is COc1cccc(NC(=O)CN2CCc3sccc3[C@@H]2C2CC2)c1. The zero-order valence-corrected chi connectivity index (χ0v) is 14.6. The third-order valence-electron chi connectivity index (χ3n) is 4.89. The normalized spacial score (nSPS) is 20.5. The first-order valence-corrected chi connectivity index (χ1v) is 9.37. The molecule has 1 aliphatic heterocycles. The first kappa shape index (κ1) is 15.7. The van der Waals surface area contributed by atoms with E-state index < -0.39 is 0 Å². The molecule has 0 saturated heterocycles. The lowest BCUT2D eigenvalue weighted by atomic mass is 9.96. The van der Waals surface area contributed by atoms with Crippen LogP contribution >= 0.6 is 11.3 Å². The first-order valence-electron chi connectivity index (χ1n) is 8.49. The van der Waals surface area contributed by atoms with Crippen LogP contribution in [-0.2, 0) is 11.2 Å². The Kier molecular flexibility index (Phi) is 4.29. The number of nitrogens with one attached hydrogen (secondary N) is 1. The molecule has 2 aliphatic rings. The van der Waals surface area contributed by atoms with Crippen LogP contribution in [0.4, 0.5) is 5.69 Å². The maximum atomic E-state index is 12.5. The Bertz CT molecular complexity index is 738. The number of hydrogen-bond donors (Lipinski definition) is 1. The quantitative estimate of drug-likeness (QED) is 0.901. The third kappa shape index (κ3) is 3.19. The number of benzene rings is 1. The molecule has 0 radical (unpaired) electrons. The molecule has 0 spiro atoms. The predicted molar refractivity (Wildman–Crippen MR) is 96.7 cm³/mol. The minimum Gasteiger partial charge on any atom is -0.497 e. The van der Waals surface area contributed by atoms with E-state index in [1.165, 1.54) is 23.3 Å². The molecule has 4 nitrogen and oxygen atoms in total. The van der Waals surface area contributed by atoms with Gasteiger partial charge in [0.15, 0.2) is 0 Å². The van der Waals surface area contributed by atoms with Crippen molar-refractivity contribution in [3.63, 3.8) is 0 Å². The molecule has 4 rings (SSSR count). The number of ether oxygens (including phenoxy) is 1. The predicted octanol–water partition coefficient (Wildman–Crippen LogP) is 3.70. The number of fused-ring (bicyclic) bond motifs is 1. The molecule has 2 heterocycles. The number of hydrogen-bond acceptors (Lipinski definition) is 4. The number of carbonyl (C=O) groups excluding carboxylic acids is 1. The van der Waals surface area contributed by atoms with E-state index in [1.807, 2.05) is 35.6 Å². The van der Waals surface area contributed by atoms with Crippen LogP contribution in [-0.4, -0.2) is 31.0 Å². The topological polar surface area (TPSA) is 41.6 Å². The van der Waals surface area contributed by atoms with Crippen LogP contribution in [0, 0.1) is 5.92 Å². The van der Waals surface area contributed by atoms with E-state index in [1.54, 1.807) is 7.11 Å². The second-order valence-corrected chi connectivity index (χ2v) is 7.58. The Hall–Kier alpha value is -1.85. The van der Waals surface area contributed by atoms with Crippen molar-refractivity contribution in [3.8, 4) is 5.75 Å². The number of rotatable bonds is 5. The van der Waals surface area contributed by atoms with Gasteiger partial charge in [-0.3, -0.25) is 9.69 Å². The number of nitrogens with zero attached hydrogens (tertiary/aromatic N) is 1. The average Bonchev–Trinajstić information content (AvgIpc) is 3.31.